The number of imidazole rings is 1. The lowest BCUT2D eigenvalue weighted by atomic mass is 10.2. The molecule has 0 fully saturated rings. The van der Waals surface area contributed by atoms with Crippen LogP contribution < -0.4 is 5.43 Å². The summed E-state index contributed by atoms with van der Waals surface area (Å²) in [7, 11) is 1.97. The number of rotatable bonds is 3. The number of fused-ring (bicyclic) bond motifs is 1. The maximum Gasteiger partial charge on any atom is 0.224 e. The smallest absolute Gasteiger partial charge is 0.224 e. The van der Waals surface area contributed by atoms with Gasteiger partial charge in [-0.3, -0.25) is 0 Å². The molecule has 0 amide bonds. The van der Waals surface area contributed by atoms with Gasteiger partial charge in [-0.2, -0.15) is 5.10 Å². The summed E-state index contributed by atoms with van der Waals surface area (Å²) in [5, 5.41) is 4.22. The number of hydrogen-bond donors (Lipinski definition) is 1. The van der Waals surface area contributed by atoms with Crippen LogP contribution in [0.5, 0.6) is 0 Å². The molecular weight excluding hydrogens is 316 g/mol. The van der Waals surface area contributed by atoms with Gasteiger partial charge in [0.1, 0.15) is 0 Å². The SMILES string of the molecule is Cn1c(N/N=C\c2ccc(Br)cc2)nc2ccccc21. The lowest BCUT2D eigenvalue weighted by molar-refractivity contribution is 0.943. The molecule has 0 spiro atoms. The van der Waals surface area contributed by atoms with Gasteiger partial charge in [0.2, 0.25) is 5.95 Å². The molecule has 3 rings (SSSR count). The Morgan fingerprint density at radius 3 is 2.65 bits per heavy atom. The number of hydrogen-bond acceptors (Lipinski definition) is 3. The van der Waals surface area contributed by atoms with Gasteiger partial charge in [0.25, 0.3) is 0 Å². The van der Waals surface area contributed by atoms with E-state index in [9.17, 15) is 0 Å². The van der Waals surface area contributed by atoms with E-state index in [2.05, 4.69) is 31.4 Å². The number of benzene rings is 2. The molecule has 2 aromatic carbocycles. The summed E-state index contributed by atoms with van der Waals surface area (Å²) >= 11 is 3.41. The van der Waals surface area contributed by atoms with Gasteiger partial charge in [-0.15, -0.1) is 0 Å². The Morgan fingerprint density at radius 2 is 1.90 bits per heavy atom. The third kappa shape index (κ3) is 2.58. The van der Waals surface area contributed by atoms with Crippen molar-refractivity contribution in [3.8, 4) is 0 Å². The van der Waals surface area contributed by atoms with Crippen molar-refractivity contribution in [1.29, 1.82) is 0 Å². The van der Waals surface area contributed by atoms with Crippen molar-refractivity contribution < 1.29 is 0 Å². The molecule has 0 aliphatic carbocycles. The van der Waals surface area contributed by atoms with Crippen molar-refractivity contribution in [3.05, 3.63) is 58.6 Å². The van der Waals surface area contributed by atoms with Crippen LogP contribution in [-0.2, 0) is 7.05 Å². The van der Waals surface area contributed by atoms with Crippen LogP contribution >= 0.6 is 15.9 Å². The molecule has 0 atom stereocenters. The average Bonchev–Trinajstić information content (AvgIpc) is 2.78. The number of para-hydroxylation sites is 2. The summed E-state index contributed by atoms with van der Waals surface area (Å²) in [4.78, 5) is 4.49. The largest absolute Gasteiger partial charge is 0.312 e. The van der Waals surface area contributed by atoms with Crippen LogP contribution in [0.25, 0.3) is 11.0 Å². The van der Waals surface area contributed by atoms with Crippen molar-refractivity contribution in [2.75, 3.05) is 5.43 Å². The first-order chi connectivity index (χ1) is 9.74. The first-order valence-corrected chi connectivity index (χ1v) is 6.99. The van der Waals surface area contributed by atoms with E-state index >= 15 is 0 Å². The van der Waals surface area contributed by atoms with Crippen molar-refractivity contribution >= 4 is 39.1 Å². The van der Waals surface area contributed by atoms with Gasteiger partial charge in [0.15, 0.2) is 0 Å². The van der Waals surface area contributed by atoms with Crippen LogP contribution in [0.1, 0.15) is 5.56 Å². The highest BCUT2D eigenvalue weighted by Crippen LogP contribution is 2.17. The minimum atomic E-state index is 0.722. The third-order valence-electron chi connectivity index (χ3n) is 3.04. The van der Waals surface area contributed by atoms with Gasteiger partial charge >= 0.3 is 0 Å². The fourth-order valence-electron chi connectivity index (χ4n) is 1.96. The molecule has 3 aromatic rings. The molecule has 5 heteroatoms. The Morgan fingerprint density at radius 1 is 1.15 bits per heavy atom. The zero-order valence-electron chi connectivity index (χ0n) is 10.9. The van der Waals surface area contributed by atoms with Crippen LogP contribution in [0, 0.1) is 0 Å². The molecule has 0 saturated carbocycles. The molecule has 0 radical (unpaired) electrons. The number of nitrogens with zero attached hydrogens (tertiary/aromatic N) is 3. The maximum atomic E-state index is 4.49. The normalized spacial score (nSPS) is 11.3. The zero-order chi connectivity index (χ0) is 13.9. The molecular formula is C15H13BrN4. The number of hydrazone groups is 1. The van der Waals surface area contributed by atoms with Crippen molar-refractivity contribution in [2.24, 2.45) is 12.1 Å². The van der Waals surface area contributed by atoms with E-state index in [4.69, 9.17) is 0 Å². The molecule has 20 heavy (non-hydrogen) atoms. The average molecular weight is 329 g/mol. The van der Waals surface area contributed by atoms with Crippen molar-refractivity contribution in [3.63, 3.8) is 0 Å². The Hall–Kier alpha value is -2.14. The van der Waals surface area contributed by atoms with E-state index in [1.165, 1.54) is 0 Å². The van der Waals surface area contributed by atoms with Crippen LogP contribution in [-0.4, -0.2) is 15.8 Å². The molecule has 1 aromatic heterocycles. The second-order valence-corrected chi connectivity index (χ2v) is 5.32. The molecule has 0 saturated heterocycles. The summed E-state index contributed by atoms with van der Waals surface area (Å²) < 4.78 is 3.03. The molecule has 1 N–H and O–H groups in total. The second-order valence-electron chi connectivity index (χ2n) is 4.40. The van der Waals surface area contributed by atoms with Crippen LogP contribution in [0.3, 0.4) is 0 Å². The van der Waals surface area contributed by atoms with E-state index < -0.39 is 0 Å². The standard InChI is InChI=1S/C15H13BrN4/c1-20-14-5-3-2-4-13(14)18-15(20)19-17-10-11-6-8-12(16)9-7-11/h2-10H,1H3,(H,18,19)/b17-10-. The van der Waals surface area contributed by atoms with Crippen molar-refractivity contribution in [2.45, 2.75) is 0 Å². The first kappa shape index (κ1) is 12.9. The topological polar surface area (TPSA) is 42.2 Å². The number of halogens is 1. The summed E-state index contributed by atoms with van der Waals surface area (Å²) in [6.45, 7) is 0. The Balaban J connectivity index is 1.80. The zero-order valence-corrected chi connectivity index (χ0v) is 12.5. The third-order valence-corrected chi connectivity index (χ3v) is 3.56. The summed E-state index contributed by atoms with van der Waals surface area (Å²) in [5.74, 6) is 0.722. The van der Waals surface area contributed by atoms with E-state index in [0.29, 0.717) is 0 Å². The first-order valence-electron chi connectivity index (χ1n) is 6.20. The number of anilines is 1. The fourth-order valence-corrected chi connectivity index (χ4v) is 2.22. The van der Waals surface area contributed by atoms with Gasteiger partial charge in [0.05, 0.1) is 17.2 Å². The number of aryl methyl sites for hydroxylation is 1. The molecule has 0 aliphatic heterocycles. The van der Waals surface area contributed by atoms with Gasteiger partial charge in [-0.1, -0.05) is 40.2 Å². The molecule has 100 valence electrons. The highest BCUT2D eigenvalue weighted by molar-refractivity contribution is 9.10. The van der Waals surface area contributed by atoms with Gasteiger partial charge in [0, 0.05) is 11.5 Å². The molecule has 0 unspecified atom stereocenters. The van der Waals surface area contributed by atoms with Crippen LogP contribution in [0.15, 0.2) is 58.1 Å². The minimum Gasteiger partial charge on any atom is -0.312 e. The molecule has 4 nitrogen and oxygen atoms in total. The monoisotopic (exact) mass is 328 g/mol. The molecule has 0 bridgehead atoms. The predicted molar refractivity (Wildman–Crippen MR) is 86.1 cm³/mol. The van der Waals surface area contributed by atoms with Gasteiger partial charge < -0.3 is 4.57 Å². The Bertz CT molecular complexity index is 759. The Kier molecular flexibility index (Phi) is 3.52. The fraction of sp³-hybridized carbons (Fsp3) is 0.0667. The summed E-state index contributed by atoms with van der Waals surface area (Å²) in [6.07, 6.45) is 1.77. The quantitative estimate of drug-likeness (QED) is 0.587. The predicted octanol–water partition coefficient (Wildman–Crippen LogP) is 3.78. The van der Waals surface area contributed by atoms with Crippen molar-refractivity contribution in [1.82, 2.24) is 9.55 Å². The highest BCUT2D eigenvalue weighted by atomic mass is 79.9. The minimum absolute atomic E-state index is 0.722. The van der Waals surface area contributed by atoms with E-state index in [-0.39, 0.29) is 0 Å². The molecule has 0 aliphatic rings. The van der Waals surface area contributed by atoms with Crippen LogP contribution in [0.4, 0.5) is 5.95 Å². The van der Waals surface area contributed by atoms with E-state index in [0.717, 1.165) is 27.0 Å². The summed E-state index contributed by atoms with van der Waals surface area (Å²) in [5.41, 5.74) is 6.03. The number of nitrogens with one attached hydrogen (secondary N) is 1. The molecule has 1 heterocycles. The summed E-state index contributed by atoms with van der Waals surface area (Å²) in [6, 6.07) is 15.9. The highest BCUT2D eigenvalue weighted by Gasteiger charge is 2.04. The lowest BCUT2D eigenvalue weighted by Crippen LogP contribution is -1.98. The maximum absolute atomic E-state index is 4.49. The van der Waals surface area contributed by atoms with E-state index in [1.807, 2.05) is 60.1 Å². The Labute approximate surface area is 125 Å². The van der Waals surface area contributed by atoms with Crippen LogP contribution in [0.2, 0.25) is 0 Å². The van der Waals surface area contributed by atoms with Gasteiger partial charge in [-0.25, -0.2) is 10.4 Å². The second kappa shape index (κ2) is 5.46. The van der Waals surface area contributed by atoms with Gasteiger partial charge in [-0.05, 0) is 29.8 Å². The number of aromatic nitrogens is 2. The van der Waals surface area contributed by atoms with E-state index in [1.54, 1.807) is 6.21 Å². The lowest BCUT2D eigenvalue weighted by Gasteiger charge is -2.00.